The van der Waals surface area contributed by atoms with Crippen LogP contribution in [0.1, 0.15) is 90.7 Å². The molecule has 0 amide bonds. The molecule has 0 bridgehead atoms. The molecule has 1 aromatic heterocycles. The van der Waals surface area contributed by atoms with Gasteiger partial charge in [0, 0.05) is 11.6 Å². The third kappa shape index (κ3) is 5.56. The Hall–Kier alpha value is -0.990. The van der Waals surface area contributed by atoms with Gasteiger partial charge < -0.3 is 10.1 Å². The van der Waals surface area contributed by atoms with E-state index in [1.807, 2.05) is 6.20 Å². The topological polar surface area (TPSA) is 48.9 Å². The van der Waals surface area contributed by atoms with Gasteiger partial charge in [0.2, 0.25) is 0 Å². The molecular formula is C17H32N2O. The van der Waals surface area contributed by atoms with Gasteiger partial charge in [-0.1, -0.05) is 72.1 Å². The summed E-state index contributed by atoms with van der Waals surface area (Å²) in [6, 6.07) is 0.0494. The van der Waals surface area contributed by atoms with E-state index in [9.17, 15) is 5.11 Å². The van der Waals surface area contributed by atoms with Gasteiger partial charge in [0.1, 0.15) is 0 Å². The van der Waals surface area contributed by atoms with E-state index in [2.05, 4.69) is 30.7 Å². The predicted molar refractivity (Wildman–Crippen MR) is 85.1 cm³/mol. The number of aromatic nitrogens is 2. The van der Waals surface area contributed by atoms with Crippen LogP contribution in [0.25, 0.3) is 0 Å². The van der Waals surface area contributed by atoms with Gasteiger partial charge in [0.05, 0.1) is 5.69 Å². The quantitative estimate of drug-likeness (QED) is 0.539. The Labute approximate surface area is 124 Å². The number of aromatic amines is 1. The third-order valence-electron chi connectivity index (χ3n) is 4.35. The van der Waals surface area contributed by atoms with Crippen LogP contribution in [0.15, 0.2) is 6.20 Å². The Kier molecular flexibility index (Phi) is 7.71. The number of H-pyrrole nitrogens is 1. The van der Waals surface area contributed by atoms with Gasteiger partial charge >= 0.3 is 0 Å². The summed E-state index contributed by atoms with van der Waals surface area (Å²) in [6.07, 6.45) is 14.5. The van der Waals surface area contributed by atoms with Crippen molar-refractivity contribution >= 4 is 0 Å². The van der Waals surface area contributed by atoms with Crippen LogP contribution in [0, 0.1) is 0 Å². The minimum Gasteiger partial charge on any atom is -0.480 e. The Morgan fingerprint density at radius 1 is 1.00 bits per heavy atom. The lowest BCUT2D eigenvalue weighted by Gasteiger charge is -2.28. The maximum absolute atomic E-state index is 9.47. The molecule has 0 fully saturated rings. The molecule has 3 nitrogen and oxygen atoms in total. The van der Waals surface area contributed by atoms with Crippen LogP contribution in [0.4, 0.5) is 0 Å². The van der Waals surface area contributed by atoms with Gasteiger partial charge in [-0.3, -0.25) is 0 Å². The second-order valence-corrected chi connectivity index (χ2v) is 6.29. The first kappa shape index (κ1) is 17.1. The van der Waals surface area contributed by atoms with Crippen LogP contribution in [0.5, 0.6) is 6.01 Å². The summed E-state index contributed by atoms with van der Waals surface area (Å²) in [4.78, 5) is 7.10. The lowest BCUT2D eigenvalue weighted by molar-refractivity contribution is 0.352. The number of nitrogens with one attached hydrogen (secondary N) is 1. The van der Waals surface area contributed by atoms with Gasteiger partial charge in [-0.15, -0.1) is 0 Å². The normalized spacial score (nSPS) is 11.9. The van der Waals surface area contributed by atoms with Crippen LogP contribution in [0.3, 0.4) is 0 Å². The molecule has 0 radical (unpaired) electrons. The van der Waals surface area contributed by atoms with Crippen molar-refractivity contribution in [2.75, 3.05) is 0 Å². The molecule has 0 aliphatic rings. The van der Waals surface area contributed by atoms with Crippen molar-refractivity contribution in [3.05, 3.63) is 11.9 Å². The van der Waals surface area contributed by atoms with E-state index in [0.29, 0.717) is 0 Å². The molecule has 3 heteroatoms. The fraction of sp³-hybridized carbons (Fsp3) is 0.824. The third-order valence-corrected chi connectivity index (χ3v) is 4.35. The number of rotatable bonds is 11. The Bertz CT molecular complexity index is 348. The van der Waals surface area contributed by atoms with E-state index in [-0.39, 0.29) is 11.4 Å². The molecule has 2 N–H and O–H groups in total. The summed E-state index contributed by atoms with van der Waals surface area (Å²) >= 11 is 0. The van der Waals surface area contributed by atoms with Crippen LogP contribution in [-0.4, -0.2) is 15.1 Å². The highest BCUT2D eigenvalue weighted by atomic mass is 16.3. The Balaban J connectivity index is 2.57. The highest BCUT2D eigenvalue weighted by Crippen LogP contribution is 2.35. The first-order valence-corrected chi connectivity index (χ1v) is 8.37. The fourth-order valence-corrected chi connectivity index (χ4v) is 2.89. The zero-order chi connectivity index (χ0) is 14.8. The molecule has 20 heavy (non-hydrogen) atoms. The number of unbranched alkanes of at least 4 members (excludes halogenated alkanes) is 6. The summed E-state index contributed by atoms with van der Waals surface area (Å²) in [5.74, 6) is 0. The van der Waals surface area contributed by atoms with E-state index < -0.39 is 0 Å². The van der Waals surface area contributed by atoms with Gasteiger partial charge in [-0.25, -0.2) is 4.98 Å². The molecule has 0 spiro atoms. The van der Waals surface area contributed by atoms with Crippen LogP contribution in [0.2, 0.25) is 0 Å². The summed E-state index contributed by atoms with van der Waals surface area (Å²) in [7, 11) is 0. The smallest absolute Gasteiger partial charge is 0.291 e. The van der Waals surface area contributed by atoms with Crippen molar-refractivity contribution < 1.29 is 5.11 Å². The first-order chi connectivity index (χ1) is 9.62. The number of aromatic hydroxyl groups is 1. The van der Waals surface area contributed by atoms with E-state index in [4.69, 9.17) is 0 Å². The largest absolute Gasteiger partial charge is 0.480 e. The minimum atomic E-state index is 0.0494. The van der Waals surface area contributed by atoms with Crippen molar-refractivity contribution in [3.8, 4) is 6.01 Å². The molecular weight excluding hydrogens is 248 g/mol. The number of hydrogen-bond acceptors (Lipinski definition) is 2. The lowest BCUT2D eigenvalue weighted by atomic mass is 9.77. The molecule has 1 rings (SSSR count). The maximum atomic E-state index is 9.47. The van der Waals surface area contributed by atoms with Crippen molar-refractivity contribution in [1.29, 1.82) is 0 Å². The fourth-order valence-electron chi connectivity index (χ4n) is 2.89. The molecule has 1 aromatic rings. The van der Waals surface area contributed by atoms with Crippen LogP contribution in [-0.2, 0) is 5.41 Å². The van der Waals surface area contributed by atoms with Gasteiger partial charge in [-0.2, -0.15) is 0 Å². The summed E-state index contributed by atoms with van der Waals surface area (Å²) in [5.41, 5.74) is 1.14. The average Bonchev–Trinajstić information content (AvgIpc) is 2.87. The van der Waals surface area contributed by atoms with Crippen molar-refractivity contribution in [1.82, 2.24) is 9.97 Å². The first-order valence-electron chi connectivity index (χ1n) is 8.37. The zero-order valence-corrected chi connectivity index (χ0v) is 13.5. The lowest BCUT2D eigenvalue weighted by Crippen LogP contribution is -2.22. The van der Waals surface area contributed by atoms with E-state index in [1.54, 1.807) is 0 Å². The second-order valence-electron chi connectivity index (χ2n) is 6.29. The monoisotopic (exact) mass is 280 g/mol. The molecule has 0 unspecified atom stereocenters. The molecule has 0 saturated carbocycles. The second kappa shape index (κ2) is 9.04. The molecule has 0 aliphatic carbocycles. The maximum Gasteiger partial charge on any atom is 0.291 e. The number of imidazole rings is 1. The van der Waals surface area contributed by atoms with E-state index >= 15 is 0 Å². The molecule has 0 aromatic carbocycles. The molecule has 0 atom stereocenters. The SMILES string of the molecule is CCCCCCC(C)(CCCCCC)c1c[nH]c(O)n1. The summed E-state index contributed by atoms with van der Waals surface area (Å²) in [6.45, 7) is 6.80. The molecule has 116 valence electrons. The van der Waals surface area contributed by atoms with Crippen LogP contribution < -0.4 is 0 Å². The number of hydrogen-bond donors (Lipinski definition) is 2. The van der Waals surface area contributed by atoms with E-state index in [0.717, 1.165) is 5.69 Å². The van der Waals surface area contributed by atoms with Crippen molar-refractivity contribution in [2.24, 2.45) is 0 Å². The predicted octanol–water partition coefficient (Wildman–Crippen LogP) is 5.31. The van der Waals surface area contributed by atoms with Gasteiger partial charge in [-0.05, 0) is 12.8 Å². The van der Waals surface area contributed by atoms with Crippen molar-refractivity contribution in [3.63, 3.8) is 0 Å². The molecule has 1 heterocycles. The van der Waals surface area contributed by atoms with Gasteiger partial charge in [0.15, 0.2) is 0 Å². The van der Waals surface area contributed by atoms with Crippen molar-refractivity contribution in [2.45, 2.75) is 90.4 Å². The van der Waals surface area contributed by atoms with Gasteiger partial charge in [0.25, 0.3) is 6.01 Å². The summed E-state index contributed by atoms with van der Waals surface area (Å²) in [5, 5.41) is 9.47. The molecule has 0 saturated heterocycles. The average molecular weight is 280 g/mol. The minimum absolute atomic E-state index is 0.0494. The zero-order valence-electron chi connectivity index (χ0n) is 13.5. The Morgan fingerprint density at radius 3 is 1.95 bits per heavy atom. The summed E-state index contributed by atoms with van der Waals surface area (Å²) < 4.78 is 0. The Morgan fingerprint density at radius 2 is 1.55 bits per heavy atom. The standard InChI is InChI=1S/C17H32N2O/c1-4-6-8-10-12-17(3,13-11-9-7-5-2)15-14-18-16(20)19-15/h14H,4-13H2,1-3H3,(H2,18,19,20). The molecule has 0 aliphatic heterocycles. The van der Waals surface area contributed by atoms with E-state index in [1.165, 1.54) is 64.2 Å². The van der Waals surface area contributed by atoms with Crippen LogP contribution >= 0.6 is 0 Å². The highest BCUT2D eigenvalue weighted by Gasteiger charge is 2.28. The highest BCUT2D eigenvalue weighted by molar-refractivity contribution is 5.15. The number of nitrogens with zero attached hydrogens (tertiary/aromatic N) is 1.